The number of sulfonamides is 1. The fourth-order valence-corrected chi connectivity index (χ4v) is 3.96. The molecule has 2 rings (SSSR count). The summed E-state index contributed by atoms with van der Waals surface area (Å²) in [6.07, 6.45) is 1.01. The molecule has 0 aliphatic carbocycles. The Morgan fingerprint density at radius 1 is 1.15 bits per heavy atom. The highest BCUT2D eigenvalue weighted by atomic mass is 35.5. The van der Waals surface area contributed by atoms with Crippen molar-refractivity contribution in [2.24, 2.45) is 0 Å². The van der Waals surface area contributed by atoms with Crippen LogP contribution in [0.2, 0.25) is 10.0 Å². The molecule has 6 nitrogen and oxygen atoms in total. The highest BCUT2D eigenvalue weighted by molar-refractivity contribution is 7.92. The minimum Gasteiger partial charge on any atom is -0.495 e. The molecule has 2 aromatic carbocycles. The van der Waals surface area contributed by atoms with Gasteiger partial charge in [-0.15, -0.1) is 0 Å². The van der Waals surface area contributed by atoms with E-state index in [1.54, 1.807) is 30.3 Å². The average molecular weight is 417 g/mol. The summed E-state index contributed by atoms with van der Waals surface area (Å²) < 4.78 is 31.0. The number of nitrogens with zero attached hydrogens (tertiary/aromatic N) is 1. The Hall–Kier alpha value is -1.96. The molecule has 2 aromatic rings. The van der Waals surface area contributed by atoms with Gasteiger partial charge in [0.1, 0.15) is 11.8 Å². The normalized spacial score (nSPS) is 12.3. The molecule has 140 valence electrons. The van der Waals surface area contributed by atoms with Crippen LogP contribution in [0.5, 0.6) is 5.75 Å². The van der Waals surface area contributed by atoms with Crippen LogP contribution < -0.4 is 14.4 Å². The number of hydrogen-bond donors (Lipinski definition) is 1. The smallest absolute Gasteiger partial charge is 0.247 e. The van der Waals surface area contributed by atoms with Crippen LogP contribution in [-0.4, -0.2) is 33.7 Å². The van der Waals surface area contributed by atoms with Gasteiger partial charge in [-0.3, -0.25) is 9.10 Å². The number of carbonyl (C=O) groups is 1. The lowest BCUT2D eigenvalue weighted by Gasteiger charge is -2.29. The lowest BCUT2D eigenvalue weighted by molar-refractivity contribution is -0.116. The Morgan fingerprint density at radius 3 is 2.38 bits per heavy atom. The van der Waals surface area contributed by atoms with Crippen molar-refractivity contribution < 1.29 is 17.9 Å². The molecule has 1 N–H and O–H groups in total. The highest BCUT2D eigenvalue weighted by Gasteiger charge is 2.31. The fourth-order valence-electron chi connectivity index (χ4n) is 2.43. The third-order valence-corrected chi connectivity index (χ3v) is 5.26. The van der Waals surface area contributed by atoms with E-state index < -0.39 is 22.0 Å². The Morgan fingerprint density at radius 2 is 1.81 bits per heavy atom. The molecule has 0 spiro atoms. The maximum absolute atomic E-state index is 12.6. The largest absolute Gasteiger partial charge is 0.495 e. The second-order valence-electron chi connectivity index (χ2n) is 5.55. The maximum Gasteiger partial charge on any atom is 0.247 e. The zero-order valence-electron chi connectivity index (χ0n) is 14.4. The summed E-state index contributed by atoms with van der Waals surface area (Å²) in [7, 11) is -2.40. The van der Waals surface area contributed by atoms with Crippen LogP contribution >= 0.6 is 23.2 Å². The lowest BCUT2D eigenvalue weighted by atomic mass is 10.2. The van der Waals surface area contributed by atoms with Crippen LogP contribution in [0.3, 0.4) is 0 Å². The van der Waals surface area contributed by atoms with Gasteiger partial charge in [0.2, 0.25) is 15.9 Å². The maximum atomic E-state index is 12.6. The van der Waals surface area contributed by atoms with Gasteiger partial charge in [0.15, 0.2) is 0 Å². The van der Waals surface area contributed by atoms with Crippen molar-refractivity contribution in [2.75, 3.05) is 23.0 Å². The monoisotopic (exact) mass is 416 g/mol. The zero-order valence-corrected chi connectivity index (χ0v) is 16.7. The number of benzene rings is 2. The zero-order chi connectivity index (χ0) is 19.5. The van der Waals surface area contributed by atoms with Crippen molar-refractivity contribution in [3.05, 3.63) is 52.5 Å². The van der Waals surface area contributed by atoms with Crippen LogP contribution in [0, 0.1) is 0 Å². The van der Waals surface area contributed by atoms with Gasteiger partial charge < -0.3 is 10.1 Å². The molecule has 0 saturated carbocycles. The van der Waals surface area contributed by atoms with Crippen molar-refractivity contribution in [3.63, 3.8) is 0 Å². The van der Waals surface area contributed by atoms with E-state index in [4.69, 9.17) is 27.9 Å². The molecule has 1 atom stereocenters. The second-order valence-corrected chi connectivity index (χ2v) is 8.28. The van der Waals surface area contributed by atoms with Gasteiger partial charge in [-0.2, -0.15) is 0 Å². The van der Waals surface area contributed by atoms with E-state index in [0.717, 1.165) is 10.6 Å². The Bertz CT molecular complexity index is 919. The molecular formula is C17H18Cl2N2O4S. The van der Waals surface area contributed by atoms with E-state index in [9.17, 15) is 13.2 Å². The summed E-state index contributed by atoms with van der Waals surface area (Å²) in [6, 6.07) is 10.1. The van der Waals surface area contributed by atoms with Gasteiger partial charge >= 0.3 is 0 Å². The standard InChI is InChI=1S/C17H18Cl2N2O4S/c1-11(17(22)20-14-6-4-5-12(18)9-14)21(26(3,23)24)15-10-13(19)7-8-16(15)25-2/h4-11H,1-3H3,(H,20,22)/t11-/m0/s1. The van der Waals surface area contributed by atoms with Gasteiger partial charge in [0, 0.05) is 15.7 Å². The van der Waals surface area contributed by atoms with Gasteiger partial charge in [-0.25, -0.2) is 8.42 Å². The summed E-state index contributed by atoms with van der Waals surface area (Å²) in [6.45, 7) is 1.47. The third kappa shape index (κ3) is 4.81. The van der Waals surface area contributed by atoms with Gasteiger partial charge in [0.05, 0.1) is 19.1 Å². The number of nitrogens with one attached hydrogen (secondary N) is 1. The summed E-state index contributed by atoms with van der Waals surface area (Å²) in [5.41, 5.74) is 0.636. The number of amides is 1. The first-order chi connectivity index (χ1) is 12.1. The first-order valence-electron chi connectivity index (χ1n) is 7.53. The molecule has 0 aromatic heterocycles. The van der Waals surface area contributed by atoms with E-state index in [2.05, 4.69) is 5.32 Å². The minimum atomic E-state index is -3.80. The molecule has 26 heavy (non-hydrogen) atoms. The molecular weight excluding hydrogens is 399 g/mol. The summed E-state index contributed by atoms with van der Waals surface area (Å²) in [5, 5.41) is 3.42. The molecule has 0 bridgehead atoms. The van der Waals surface area contributed by atoms with Crippen molar-refractivity contribution in [3.8, 4) is 5.75 Å². The number of halogens is 2. The van der Waals surface area contributed by atoms with Gasteiger partial charge in [-0.1, -0.05) is 29.3 Å². The van der Waals surface area contributed by atoms with E-state index in [1.165, 1.54) is 26.2 Å². The molecule has 9 heteroatoms. The molecule has 0 aliphatic rings. The van der Waals surface area contributed by atoms with Crippen LogP contribution in [0.25, 0.3) is 0 Å². The molecule has 0 heterocycles. The minimum absolute atomic E-state index is 0.177. The van der Waals surface area contributed by atoms with Crippen LogP contribution in [0.4, 0.5) is 11.4 Å². The Kier molecular flexibility index (Phi) is 6.39. The number of ether oxygens (including phenoxy) is 1. The van der Waals surface area contributed by atoms with E-state index in [-0.39, 0.29) is 11.4 Å². The van der Waals surface area contributed by atoms with Crippen LogP contribution in [0.1, 0.15) is 6.92 Å². The van der Waals surface area contributed by atoms with Crippen molar-refractivity contribution >= 4 is 50.5 Å². The molecule has 0 radical (unpaired) electrons. The number of rotatable bonds is 6. The average Bonchev–Trinajstić information content (AvgIpc) is 2.54. The Labute approximate surface area is 162 Å². The van der Waals surface area contributed by atoms with Crippen LogP contribution in [-0.2, 0) is 14.8 Å². The number of methoxy groups -OCH3 is 1. The fraction of sp³-hybridized carbons (Fsp3) is 0.235. The quantitative estimate of drug-likeness (QED) is 0.776. The molecule has 0 aliphatic heterocycles. The number of hydrogen-bond acceptors (Lipinski definition) is 4. The predicted octanol–water partition coefficient (Wildman–Crippen LogP) is 3.80. The Balaban J connectivity index is 2.41. The summed E-state index contributed by atoms with van der Waals surface area (Å²) in [4.78, 5) is 12.6. The summed E-state index contributed by atoms with van der Waals surface area (Å²) >= 11 is 11.9. The first kappa shape index (κ1) is 20.4. The third-order valence-electron chi connectivity index (χ3n) is 3.56. The van der Waals surface area contributed by atoms with Crippen LogP contribution in [0.15, 0.2) is 42.5 Å². The molecule has 0 unspecified atom stereocenters. The molecule has 1 amide bonds. The SMILES string of the molecule is COc1ccc(Cl)cc1N([C@@H](C)C(=O)Nc1cccc(Cl)c1)S(C)(=O)=O. The van der Waals surface area contributed by atoms with Crippen molar-refractivity contribution in [2.45, 2.75) is 13.0 Å². The van der Waals surface area contributed by atoms with Gasteiger partial charge in [0.25, 0.3) is 0 Å². The molecule has 0 saturated heterocycles. The lowest BCUT2D eigenvalue weighted by Crippen LogP contribution is -2.45. The van der Waals surface area contributed by atoms with Crippen molar-refractivity contribution in [1.82, 2.24) is 0 Å². The second kappa shape index (κ2) is 8.16. The van der Waals surface area contributed by atoms with Crippen molar-refractivity contribution in [1.29, 1.82) is 0 Å². The first-order valence-corrected chi connectivity index (χ1v) is 10.1. The topological polar surface area (TPSA) is 75.7 Å². The predicted molar refractivity (Wildman–Crippen MR) is 105 cm³/mol. The van der Waals surface area contributed by atoms with E-state index in [0.29, 0.717) is 15.7 Å². The highest BCUT2D eigenvalue weighted by Crippen LogP contribution is 2.34. The van der Waals surface area contributed by atoms with E-state index in [1.807, 2.05) is 0 Å². The number of carbonyl (C=O) groups excluding carboxylic acids is 1. The van der Waals surface area contributed by atoms with Gasteiger partial charge in [-0.05, 0) is 43.3 Å². The summed E-state index contributed by atoms with van der Waals surface area (Å²) in [5.74, 6) is -0.248. The number of anilines is 2. The molecule has 0 fully saturated rings. The van der Waals surface area contributed by atoms with E-state index >= 15 is 0 Å².